The van der Waals surface area contributed by atoms with Gasteiger partial charge < -0.3 is 10.4 Å². The number of rotatable bonds is 6. The lowest BCUT2D eigenvalue weighted by atomic mass is 10.1. The first-order valence-electron chi connectivity index (χ1n) is 6.32. The summed E-state index contributed by atoms with van der Waals surface area (Å²) >= 11 is 1.44. The number of hydrogen-bond acceptors (Lipinski definition) is 3. The van der Waals surface area contributed by atoms with Gasteiger partial charge in [0.05, 0.1) is 5.56 Å². The van der Waals surface area contributed by atoms with Crippen LogP contribution in [0.25, 0.3) is 0 Å². The molecule has 0 aliphatic rings. The fourth-order valence-electron chi connectivity index (χ4n) is 1.96. The molecule has 0 atom stereocenters. The summed E-state index contributed by atoms with van der Waals surface area (Å²) in [7, 11) is 0. The average molecular weight is 293 g/mol. The Balaban J connectivity index is 1.79. The van der Waals surface area contributed by atoms with Crippen LogP contribution < -0.4 is 5.32 Å². The largest absolute Gasteiger partial charge is 0.478 e. The maximum absolute atomic E-state index is 13.0. The van der Waals surface area contributed by atoms with Gasteiger partial charge in [-0.05, 0) is 49.2 Å². The van der Waals surface area contributed by atoms with Gasteiger partial charge in [0.15, 0.2) is 0 Å². The molecule has 0 fully saturated rings. The minimum Gasteiger partial charge on any atom is -0.478 e. The minimum absolute atomic E-state index is 0.209. The number of halogens is 1. The van der Waals surface area contributed by atoms with Crippen LogP contribution in [0.3, 0.4) is 0 Å². The van der Waals surface area contributed by atoms with Crippen molar-refractivity contribution in [2.45, 2.75) is 19.9 Å². The Kier molecular flexibility index (Phi) is 4.87. The van der Waals surface area contributed by atoms with Crippen molar-refractivity contribution in [1.82, 2.24) is 5.32 Å². The standard InChI is InChI=1S/C15H16FNO2S/c1-10-6-13(16)3-2-11(10)4-5-17-8-14-7-12(9-20-14)15(18)19/h2-3,6-7,9,17H,4-5,8H2,1H3,(H,18,19). The third-order valence-corrected chi connectivity index (χ3v) is 4.01. The molecular weight excluding hydrogens is 277 g/mol. The van der Waals surface area contributed by atoms with Crippen LogP contribution in [0.2, 0.25) is 0 Å². The SMILES string of the molecule is Cc1cc(F)ccc1CCNCc1cc(C(=O)O)cs1. The van der Waals surface area contributed by atoms with Gasteiger partial charge in [-0.3, -0.25) is 0 Å². The predicted molar refractivity (Wildman–Crippen MR) is 77.8 cm³/mol. The molecule has 0 amide bonds. The van der Waals surface area contributed by atoms with Gasteiger partial charge in [0.1, 0.15) is 5.82 Å². The third kappa shape index (κ3) is 3.88. The van der Waals surface area contributed by atoms with Crippen molar-refractivity contribution in [3.63, 3.8) is 0 Å². The van der Waals surface area contributed by atoms with Crippen LogP contribution in [0.5, 0.6) is 0 Å². The van der Waals surface area contributed by atoms with Crippen LogP contribution in [0, 0.1) is 12.7 Å². The molecule has 1 aromatic heterocycles. The Labute approximate surface area is 121 Å². The molecule has 0 unspecified atom stereocenters. The lowest BCUT2D eigenvalue weighted by Crippen LogP contribution is -2.16. The van der Waals surface area contributed by atoms with Gasteiger partial charge in [-0.15, -0.1) is 11.3 Å². The van der Waals surface area contributed by atoms with Gasteiger partial charge in [-0.25, -0.2) is 9.18 Å². The summed E-state index contributed by atoms with van der Waals surface area (Å²) in [5.74, 6) is -1.10. The number of aryl methyl sites for hydroxylation is 1. The summed E-state index contributed by atoms with van der Waals surface area (Å²) in [6, 6.07) is 6.50. The molecule has 5 heteroatoms. The number of hydrogen-bond donors (Lipinski definition) is 2. The molecule has 0 saturated carbocycles. The molecule has 1 aromatic carbocycles. The fourth-order valence-corrected chi connectivity index (χ4v) is 2.79. The molecule has 0 bridgehead atoms. The topological polar surface area (TPSA) is 49.3 Å². The van der Waals surface area contributed by atoms with E-state index in [1.54, 1.807) is 17.5 Å². The predicted octanol–water partition coefficient (Wildman–Crippen LogP) is 3.23. The summed E-state index contributed by atoms with van der Waals surface area (Å²) in [6.45, 7) is 3.32. The third-order valence-electron chi connectivity index (χ3n) is 3.08. The van der Waals surface area contributed by atoms with Crippen LogP contribution in [0.15, 0.2) is 29.6 Å². The maximum atomic E-state index is 13.0. The van der Waals surface area contributed by atoms with E-state index in [0.29, 0.717) is 12.1 Å². The van der Waals surface area contributed by atoms with E-state index in [1.807, 2.05) is 6.92 Å². The van der Waals surface area contributed by atoms with E-state index >= 15 is 0 Å². The minimum atomic E-state index is -0.894. The maximum Gasteiger partial charge on any atom is 0.336 e. The van der Waals surface area contributed by atoms with Crippen LogP contribution in [0.1, 0.15) is 26.4 Å². The van der Waals surface area contributed by atoms with E-state index in [0.717, 1.165) is 29.0 Å². The van der Waals surface area contributed by atoms with Crippen molar-refractivity contribution in [2.24, 2.45) is 0 Å². The Morgan fingerprint density at radius 1 is 1.40 bits per heavy atom. The molecule has 3 nitrogen and oxygen atoms in total. The first kappa shape index (κ1) is 14.7. The molecule has 0 radical (unpaired) electrons. The van der Waals surface area contributed by atoms with E-state index in [1.165, 1.54) is 23.5 Å². The summed E-state index contributed by atoms with van der Waals surface area (Å²) in [5.41, 5.74) is 2.41. The quantitative estimate of drug-likeness (QED) is 0.804. The van der Waals surface area contributed by atoms with E-state index in [-0.39, 0.29) is 5.82 Å². The highest BCUT2D eigenvalue weighted by Gasteiger charge is 2.06. The second-order valence-electron chi connectivity index (χ2n) is 4.60. The molecule has 0 aliphatic carbocycles. The summed E-state index contributed by atoms with van der Waals surface area (Å²) in [6.07, 6.45) is 0.823. The zero-order valence-electron chi connectivity index (χ0n) is 11.1. The Morgan fingerprint density at radius 2 is 2.20 bits per heavy atom. The van der Waals surface area contributed by atoms with E-state index in [2.05, 4.69) is 5.32 Å². The van der Waals surface area contributed by atoms with E-state index in [4.69, 9.17) is 5.11 Å². The van der Waals surface area contributed by atoms with Crippen LogP contribution >= 0.6 is 11.3 Å². The van der Waals surface area contributed by atoms with Crippen LogP contribution in [-0.2, 0) is 13.0 Å². The molecule has 1 heterocycles. The summed E-state index contributed by atoms with van der Waals surface area (Å²) in [4.78, 5) is 11.7. The number of carboxylic acid groups (broad SMARTS) is 1. The smallest absolute Gasteiger partial charge is 0.336 e. The number of aromatic carboxylic acids is 1. The van der Waals surface area contributed by atoms with E-state index in [9.17, 15) is 9.18 Å². The van der Waals surface area contributed by atoms with Crippen LogP contribution in [0.4, 0.5) is 4.39 Å². The van der Waals surface area contributed by atoms with Gasteiger partial charge in [0, 0.05) is 16.8 Å². The second-order valence-corrected chi connectivity index (χ2v) is 5.60. The molecular formula is C15H16FNO2S. The van der Waals surface area contributed by atoms with Gasteiger partial charge in [-0.1, -0.05) is 6.07 Å². The number of carbonyl (C=O) groups is 1. The Morgan fingerprint density at radius 3 is 2.85 bits per heavy atom. The molecule has 20 heavy (non-hydrogen) atoms. The highest BCUT2D eigenvalue weighted by Crippen LogP contribution is 2.14. The Bertz CT molecular complexity index is 610. The van der Waals surface area contributed by atoms with Crippen LogP contribution in [-0.4, -0.2) is 17.6 Å². The fraction of sp³-hybridized carbons (Fsp3) is 0.267. The van der Waals surface area contributed by atoms with Gasteiger partial charge in [0.25, 0.3) is 0 Å². The van der Waals surface area contributed by atoms with Crippen molar-refractivity contribution in [1.29, 1.82) is 0 Å². The van der Waals surface area contributed by atoms with Gasteiger partial charge in [0.2, 0.25) is 0 Å². The summed E-state index contributed by atoms with van der Waals surface area (Å²) in [5, 5.41) is 13.7. The average Bonchev–Trinajstić information content (AvgIpc) is 2.85. The molecule has 2 rings (SSSR count). The normalized spacial score (nSPS) is 10.7. The highest BCUT2D eigenvalue weighted by atomic mass is 32.1. The van der Waals surface area contributed by atoms with Crippen molar-refractivity contribution in [3.8, 4) is 0 Å². The summed E-state index contributed by atoms with van der Waals surface area (Å²) < 4.78 is 13.0. The lowest BCUT2D eigenvalue weighted by molar-refractivity contribution is 0.0697. The molecule has 0 aliphatic heterocycles. The molecule has 2 aromatic rings. The first-order chi connectivity index (χ1) is 9.56. The molecule has 2 N–H and O–H groups in total. The van der Waals surface area contributed by atoms with Crippen molar-refractivity contribution < 1.29 is 14.3 Å². The molecule has 0 spiro atoms. The van der Waals surface area contributed by atoms with Crippen molar-refractivity contribution in [2.75, 3.05) is 6.54 Å². The van der Waals surface area contributed by atoms with Gasteiger partial charge >= 0.3 is 5.97 Å². The monoisotopic (exact) mass is 293 g/mol. The van der Waals surface area contributed by atoms with Crippen molar-refractivity contribution >= 4 is 17.3 Å². The highest BCUT2D eigenvalue weighted by molar-refractivity contribution is 7.10. The number of benzene rings is 1. The second kappa shape index (κ2) is 6.63. The zero-order valence-corrected chi connectivity index (χ0v) is 12.0. The number of thiophene rings is 1. The number of carboxylic acids is 1. The molecule has 106 valence electrons. The first-order valence-corrected chi connectivity index (χ1v) is 7.20. The lowest BCUT2D eigenvalue weighted by Gasteiger charge is -2.06. The Hall–Kier alpha value is -1.72. The van der Waals surface area contributed by atoms with Gasteiger partial charge in [-0.2, -0.15) is 0 Å². The van der Waals surface area contributed by atoms with Crippen molar-refractivity contribution in [3.05, 3.63) is 57.0 Å². The number of nitrogens with one attached hydrogen (secondary N) is 1. The zero-order chi connectivity index (χ0) is 14.5. The molecule has 0 saturated heterocycles. The van der Waals surface area contributed by atoms with E-state index < -0.39 is 5.97 Å².